The zero-order valence-corrected chi connectivity index (χ0v) is 9.36. The molecule has 2 heteroatoms. The van der Waals surface area contributed by atoms with Crippen LogP contribution in [0.4, 0.5) is 0 Å². The van der Waals surface area contributed by atoms with Gasteiger partial charge in [-0.15, -0.1) is 0 Å². The number of hydrogen-bond acceptors (Lipinski definition) is 1. The van der Waals surface area contributed by atoms with Crippen LogP contribution in [0, 0.1) is 0 Å². The summed E-state index contributed by atoms with van der Waals surface area (Å²) < 4.78 is 0. The smallest absolute Gasteiger partial charge is 0.313 e. The molecule has 15 heavy (non-hydrogen) atoms. The van der Waals surface area contributed by atoms with E-state index in [1.54, 1.807) is 6.92 Å². The number of aliphatic carboxylic acids is 1. The quantitative estimate of drug-likeness (QED) is 0.803. The molecule has 0 saturated carbocycles. The number of carbonyl (C=O) groups is 1. The summed E-state index contributed by atoms with van der Waals surface area (Å²) in [7, 11) is 0. The molecule has 1 aromatic rings. The lowest BCUT2D eigenvalue weighted by atomic mass is 9.78. The summed E-state index contributed by atoms with van der Waals surface area (Å²) in [5, 5.41) is 9.31. The summed E-state index contributed by atoms with van der Waals surface area (Å²) in [5.41, 5.74) is 0.156. The van der Waals surface area contributed by atoms with E-state index < -0.39 is 11.4 Å². The highest BCUT2D eigenvalue weighted by atomic mass is 16.4. The predicted octanol–water partition coefficient (Wildman–Crippen LogP) is 3.22. The standard InChI is InChI=1S/C13H18O2/c1-3-4-10-13(2,12(14)15)11-8-6-5-7-9-11/h5-9H,3-4,10H2,1-2H3,(H,14,15). The van der Waals surface area contributed by atoms with Gasteiger partial charge in [0.1, 0.15) is 0 Å². The molecule has 1 rings (SSSR count). The Bertz CT molecular complexity index is 319. The summed E-state index contributed by atoms with van der Waals surface area (Å²) in [6.45, 7) is 3.88. The topological polar surface area (TPSA) is 37.3 Å². The molecule has 2 nitrogen and oxygen atoms in total. The van der Waals surface area contributed by atoms with Crippen LogP contribution in [0.2, 0.25) is 0 Å². The molecule has 0 amide bonds. The molecule has 0 spiro atoms. The second-order valence-corrected chi connectivity index (χ2v) is 4.11. The van der Waals surface area contributed by atoms with Crippen molar-refractivity contribution in [3.05, 3.63) is 35.9 Å². The Balaban J connectivity index is 2.96. The molecule has 1 atom stereocenters. The minimum atomic E-state index is -0.739. The Morgan fingerprint density at radius 1 is 1.33 bits per heavy atom. The van der Waals surface area contributed by atoms with Crippen LogP contribution < -0.4 is 0 Å². The molecule has 0 aliphatic rings. The van der Waals surface area contributed by atoms with E-state index in [2.05, 4.69) is 6.92 Å². The van der Waals surface area contributed by atoms with E-state index in [0.717, 1.165) is 18.4 Å². The lowest BCUT2D eigenvalue weighted by Crippen LogP contribution is -2.32. The zero-order chi connectivity index (χ0) is 11.3. The summed E-state index contributed by atoms with van der Waals surface area (Å²) in [6.07, 6.45) is 2.66. The van der Waals surface area contributed by atoms with Crippen LogP contribution in [0.1, 0.15) is 38.7 Å². The van der Waals surface area contributed by atoms with Gasteiger partial charge < -0.3 is 5.11 Å². The van der Waals surface area contributed by atoms with E-state index >= 15 is 0 Å². The molecule has 0 fully saturated rings. The largest absolute Gasteiger partial charge is 0.481 e. The third-order valence-corrected chi connectivity index (χ3v) is 2.91. The first-order valence-corrected chi connectivity index (χ1v) is 5.40. The highest BCUT2D eigenvalue weighted by Crippen LogP contribution is 2.29. The fourth-order valence-corrected chi connectivity index (χ4v) is 1.71. The summed E-state index contributed by atoms with van der Waals surface area (Å²) in [6, 6.07) is 9.48. The Labute approximate surface area is 90.9 Å². The monoisotopic (exact) mass is 206 g/mol. The first-order chi connectivity index (χ1) is 7.11. The van der Waals surface area contributed by atoms with E-state index in [4.69, 9.17) is 0 Å². The van der Waals surface area contributed by atoms with Crippen molar-refractivity contribution in [3.63, 3.8) is 0 Å². The Kier molecular flexibility index (Phi) is 3.89. The highest BCUT2D eigenvalue weighted by molar-refractivity contribution is 5.80. The van der Waals surface area contributed by atoms with Crippen molar-refractivity contribution in [1.29, 1.82) is 0 Å². The van der Waals surface area contributed by atoms with Crippen LogP contribution in [-0.2, 0) is 10.2 Å². The third-order valence-electron chi connectivity index (χ3n) is 2.91. The summed E-state index contributed by atoms with van der Waals surface area (Å²) in [5.74, 6) is -0.734. The van der Waals surface area contributed by atoms with Gasteiger partial charge >= 0.3 is 5.97 Å². The van der Waals surface area contributed by atoms with Gasteiger partial charge in [-0.3, -0.25) is 4.79 Å². The minimum Gasteiger partial charge on any atom is -0.481 e. The van der Waals surface area contributed by atoms with Crippen molar-refractivity contribution in [3.8, 4) is 0 Å². The van der Waals surface area contributed by atoms with Crippen LogP contribution in [0.5, 0.6) is 0 Å². The average Bonchev–Trinajstić information content (AvgIpc) is 2.27. The maximum absolute atomic E-state index is 11.3. The molecule has 0 saturated heterocycles. The Morgan fingerprint density at radius 2 is 1.93 bits per heavy atom. The van der Waals surface area contributed by atoms with Crippen LogP contribution in [0.3, 0.4) is 0 Å². The van der Waals surface area contributed by atoms with Gasteiger partial charge in [0.2, 0.25) is 0 Å². The lowest BCUT2D eigenvalue weighted by molar-refractivity contribution is -0.143. The van der Waals surface area contributed by atoms with Crippen molar-refractivity contribution in [2.45, 2.75) is 38.5 Å². The second-order valence-electron chi connectivity index (χ2n) is 4.11. The zero-order valence-electron chi connectivity index (χ0n) is 9.36. The number of benzene rings is 1. The molecule has 1 unspecified atom stereocenters. The van der Waals surface area contributed by atoms with Crippen molar-refractivity contribution < 1.29 is 9.90 Å². The van der Waals surface area contributed by atoms with Crippen molar-refractivity contribution in [2.24, 2.45) is 0 Å². The van der Waals surface area contributed by atoms with Gasteiger partial charge in [0.15, 0.2) is 0 Å². The van der Waals surface area contributed by atoms with Gasteiger partial charge in [0, 0.05) is 0 Å². The van der Waals surface area contributed by atoms with Gasteiger partial charge in [-0.2, -0.15) is 0 Å². The number of hydrogen-bond donors (Lipinski definition) is 1. The first-order valence-electron chi connectivity index (χ1n) is 5.40. The SMILES string of the molecule is CCCCC(C)(C(=O)O)c1ccccc1. The molecule has 0 bridgehead atoms. The van der Waals surface area contributed by atoms with Crippen molar-refractivity contribution in [2.75, 3.05) is 0 Å². The Morgan fingerprint density at radius 3 is 2.40 bits per heavy atom. The fraction of sp³-hybridized carbons (Fsp3) is 0.462. The van der Waals surface area contributed by atoms with E-state index in [9.17, 15) is 9.90 Å². The van der Waals surface area contributed by atoms with Crippen LogP contribution in [0.15, 0.2) is 30.3 Å². The molecular weight excluding hydrogens is 188 g/mol. The first kappa shape index (κ1) is 11.8. The van der Waals surface area contributed by atoms with Gasteiger partial charge in [-0.1, -0.05) is 50.1 Å². The number of carboxylic acids is 1. The maximum Gasteiger partial charge on any atom is 0.313 e. The van der Waals surface area contributed by atoms with E-state index in [0.29, 0.717) is 6.42 Å². The predicted molar refractivity (Wildman–Crippen MR) is 61.0 cm³/mol. The summed E-state index contributed by atoms with van der Waals surface area (Å²) in [4.78, 5) is 11.3. The Hall–Kier alpha value is -1.31. The van der Waals surface area contributed by atoms with E-state index in [-0.39, 0.29) is 0 Å². The average molecular weight is 206 g/mol. The molecular formula is C13H18O2. The maximum atomic E-state index is 11.3. The van der Waals surface area contributed by atoms with Gasteiger partial charge in [-0.25, -0.2) is 0 Å². The van der Waals surface area contributed by atoms with Crippen molar-refractivity contribution >= 4 is 5.97 Å². The number of rotatable bonds is 5. The van der Waals surface area contributed by atoms with E-state index in [1.807, 2.05) is 30.3 Å². The molecule has 82 valence electrons. The molecule has 0 heterocycles. The third kappa shape index (κ3) is 2.58. The minimum absolute atomic E-state index is 0.697. The van der Waals surface area contributed by atoms with Gasteiger partial charge in [0.05, 0.1) is 5.41 Å². The lowest BCUT2D eigenvalue weighted by Gasteiger charge is -2.25. The second kappa shape index (κ2) is 4.96. The molecule has 1 N–H and O–H groups in total. The van der Waals surface area contributed by atoms with E-state index in [1.165, 1.54) is 0 Å². The van der Waals surface area contributed by atoms with Crippen LogP contribution >= 0.6 is 0 Å². The number of unbranched alkanes of at least 4 members (excludes halogenated alkanes) is 1. The normalized spacial score (nSPS) is 14.5. The molecule has 0 aliphatic carbocycles. The van der Waals surface area contributed by atoms with Gasteiger partial charge in [-0.05, 0) is 18.9 Å². The van der Waals surface area contributed by atoms with Crippen LogP contribution in [0.25, 0.3) is 0 Å². The number of carboxylic acid groups (broad SMARTS) is 1. The van der Waals surface area contributed by atoms with Crippen LogP contribution in [-0.4, -0.2) is 11.1 Å². The highest BCUT2D eigenvalue weighted by Gasteiger charge is 2.33. The van der Waals surface area contributed by atoms with Gasteiger partial charge in [0.25, 0.3) is 0 Å². The van der Waals surface area contributed by atoms with Crippen molar-refractivity contribution in [1.82, 2.24) is 0 Å². The molecule has 1 aromatic carbocycles. The molecule has 0 aliphatic heterocycles. The molecule has 0 aromatic heterocycles. The summed E-state index contributed by atoms with van der Waals surface area (Å²) >= 11 is 0. The molecule has 0 radical (unpaired) electrons. The fourth-order valence-electron chi connectivity index (χ4n) is 1.71.